The van der Waals surface area contributed by atoms with Crippen LogP contribution in [0.15, 0.2) is 53.4 Å². The Hall–Kier alpha value is -3.18. The molecule has 1 aliphatic rings. The number of sulfone groups is 1. The van der Waals surface area contributed by atoms with Crippen LogP contribution in [-0.4, -0.2) is 74.0 Å². The SMILES string of the molecule is CS(=O)(=O)c1ccc(CN(CCCNC2CCN(C(=O)O)CC2)C(=O)OCc2ccccc2)c(F)c1. The van der Waals surface area contributed by atoms with Gasteiger partial charge in [0.15, 0.2) is 9.84 Å². The first-order valence-corrected chi connectivity index (χ1v) is 13.7. The van der Waals surface area contributed by atoms with Crippen LogP contribution in [0.2, 0.25) is 0 Å². The molecule has 0 radical (unpaired) electrons. The minimum atomic E-state index is -3.55. The van der Waals surface area contributed by atoms with Gasteiger partial charge >= 0.3 is 12.2 Å². The van der Waals surface area contributed by atoms with Crippen molar-refractivity contribution in [3.05, 3.63) is 65.5 Å². The minimum Gasteiger partial charge on any atom is -0.465 e. The number of amides is 2. The molecule has 1 fully saturated rings. The number of hydrogen-bond acceptors (Lipinski definition) is 6. The molecule has 2 N–H and O–H groups in total. The number of nitrogens with zero attached hydrogens (tertiary/aromatic N) is 2. The molecular formula is C25H32FN3O6S. The summed E-state index contributed by atoms with van der Waals surface area (Å²) in [5, 5.41) is 12.5. The third kappa shape index (κ3) is 8.20. The standard InChI is InChI=1S/C25H32FN3O6S/c1-36(33,34)22-9-8-20(23(26)16-22)17-29(25(32)35-18-19-6-3-2-4-7-19)13-5-12-27-21-10-14-28(15-11-21)24(30)31/h2-4,6-9,16,21,27H,5,10-15,17-18H2,1H3,(H,30,31). The third-order valence-electron chi connectivity index (χ3n) is 6.08. The molecule has 11 heteroatoms. The summed E-state index contributed by atoms with van der Waals surface area (Å²) in [6, 6.07) is 13.1. The van der Waals surface area contributed by atoms with Crippen LogP contribution in [-0.2, 0) is 27.7 Å². The van der Waals surface area contributed by atoms with E-state index in [4.69, 9.17) is 9.84 Å². The molecule has 0 saturated carbocycles. The second-order valence-electron chi connectivity index (χ2n) is 8.84. The Kier molecular flexibility index (Phi) is 9.65. The summed E-state index contributed by atoms with van der Waals surface area (Å²) in [6.07, 6.45) is 1.51. The van der Waals surface area contributed by atoms with Crippen LogP contribution in [0.4, 0.5) is 14.0 Å². The highest BCUT2D eigenvalue weighted by Gasteiger charge is 2.22. The van der Waals surface area contributed by atoms with Crippen molar-refractivity contribution in [3.63, 3.8) is 0 Å². The van der Waals surface area contributed by atoms with Gasteiger partial charge in [0, 0.05) is 37.5 Å². The number of rotatable bonds is 10. The van der Waals surface area contributed by atoms with Gasteiger partial charge in [-0.25, -0.2) is 22.4 Å². The first-order valence-electron chi connectivity index (χ1n) is 11.8. The number of likely N-dealkylation sites (tertiary alicyclic amines) is 1. The molecule has 2 amide bonds. The molecule has 0 bridgehead atoms. The van der Waals surface area contributed by atoms with E-state index < -0.39 is 27.8 Å². The number of ether oxygens (including phenoxy) is 1. The van der Waals surface area contributed by atoms with E-state index in [1.165, 1.54) is 21.9 Å². The van der Waals surface area contributed by atoms with Crippen LogP contribution in [0, 0.1) is 5.82 Å². The van der Waals surface area contributed by atoms with Gasteiger partial charge in [-0.2, -0.15) is 0 Å². The maximum Gasteiger partial charge on any atom is 0.410 e. The van der Waals surface area contributed by atoms with Crippen LogP contribution in [0.1, 0.15) is 30.4 Å². The highest BCUT2D eigenvalue weighted by atomic mass is 32.2. The molecule has 3 rings (SSSR count). The third-order valence-corrected chi connectivity index (χ3v) is 7.19. The lowest BCUT2D eigenvalue weighted by Gasteiger charge is -2.30. The molecule has 2 aromatic carbocycles. The van der Waals surface area contributed by atoms with Crippen molar-refractivity contribution in [2.75, 3.05) is 32.4 Å². The number of carboxylic acid groups (broad SMARTS) is 1. The monoisotopic (exact) mass is 521 g/mol. The topological polar surface area (TPSA) is 116 Å². The number of halogens is 1. The summed E-state index contributed by atoms with van der Waals surface area (Å²) >= 11 is 0. The van der Waals surface area contributed by atoms with E-state index in [-0.39, 0.29) is 29.7 Å². The van der Waals surface area contributed by atoms with E-state index in [0.29, 0.717) is 45.4 Å². The fraction of sp³-hybridized carbons (Fsp3) is 0.440. The summed E-state index contributed by atoms with van der Waals surface area (Å²) in [5.41, 5.74) is 1.01. The van der Waals surface area contributed by atoms with Crippen LogP contribution >= 0.6 is 0 Å². The van der Waals surface area contributed by atoms with Gasteiger partial charge in [-0.15, -0.1) is 0 Å². The fourth-order valence-corrected chi connectivity index (χ4v) is 4.62. The highest BCUT2D eigenvalue weighted by molar-refractivity contribution is 7.90. The molecular weight excluding hydrogens is 489 g/mol. The number of nitrogens with one attached hydrogen (secondary N) is 1. The van der Waals surface area contributed by atoms with Crippen molar-refractivity contribution < 1.29 is 32.2 Å². The summed E-state index contributed by atoms with van der Waals surface area (Å²) in [5.74, 6) is -0.706. The van der Waals surface area contributed by atoms with Crippen molar-refractivity contribution >= 4 is 22.0 Å². The molecule has 1 aliphatic heterocycles. The van der Waals surface area contributed by atoms with Gasteiger partial charge in [-0.05, 0) is 43.5 Å². The van der Waals surface area contributed by atoms with Gasteiger partial charge in [0.1, 0.15) is 12.4 Å². The second kappa shape index (κ2) is 12.7. The van der Waals surface area contributed by atoms with Crippen LogP contribution < -0.4 is 5.32 Å². The summed E-state index contributed by atoms with van der Waals surface area (Å²) in [7, 11) is -3.55. The molecule has 9 nitrogen and oxygen atoms in total. The molecule has 2 aromatic rings. The molecule has 0 spiro atoms. The lowest BCUT2D eigenvalue weighted by molar-refractivity contribution is 0.0926. The van der Waals surface area contributed by atoms with Crippen molar-refractivity contribution in [1.29, 1.82) is 0 Å². The van der Waals surface area contributed by atoms with Crippen LogP contribution in [0.3, 0.4) is 0 Å². The van der Waals surface area contributed by atoms with Gasteiger partial charge < -0.3 is 25.0 Å². The number of hydrogen-bond donors (Lipinski definition) is 2. The molecule has 0 aliphatic carbocycles. The molecule has 196 valence electrons. The summed E-state index contributed by atoms with van der Waals surface area (Å²) < 4.78 is 43.5. The zero-order chi connectivity index (χ0) is 26.1. The average Bonchev–Trinajstić information content (AvgIpc) is 2.85. The van der Waals surface area contributed by atoms with E-state index in [1.54, 1.807) is 0 Å². The van der Waals surface area contributed by atoms with Crippen molar-refractivity contribution in [2.45, 2.75) is 43.4 Å². The van der Waals surface area contributed by atoms with Gasteiger partial charge in [0.25, 0.3) is 0 Å². The van der Waals surface area contributed by atoms with E-state index in [9.17, 15) is 22.4 Å². The number of piperidine rings is 1. The maximum absolute atomic E-state index is 14.7. The predicted octanol–water partition coefficient (Wildman–Crippen LogP) is 3.49. The average molecular weight is 522 g/mol. The van der Waals surface area contributed by atoms with Gasteiger partial charge in [-0.3, -0.25) is 0 Å². The predicted molar refractivity (Wildman–Crippen MR) is 132 cm³/mol. The Morgan fingerprint density at radius 2 is 1.86 bits per heavy atom. The molecule has 36 heavy (non-hydrogen) atoms. The largest absolute Gasteiger partial charge is 0.465 e. The molecule has 1 heterocycles. The maximum atomic E-state index is 14.7. The molecule has 0 atom stereocenters. The first kappa shape index (κ1) is 27.4. The van der Waals surface area contributed by atoms with Crippen LogP contribution in [0.25, 0.3) is 0 Å². The Morgan fingerprint density at radius 3 is 2.47 bits per heavy atom. The molecule has 0 aromatic heterocycles. The Labute approximate surface area is 210 Å². The first-order chi connectivity index (χ1) is 17.1. The lowest BCUT2D eigenvalue weighted by atomic mass is 10.1. The fourth-order valence-electron chi connectivity index (χ4n) is 3.99. The van der Waals surface area contributed by atoms with Gasteiger partial charge in [0.05, 0.1) is 11.4 Å². The number of carbonyl (C=O) groups is 2. The Morgan fingerprint density at radius 1 is 1.17 bits per heavy atom. The molecule has 1 saturated heterocycles. The normalized spacial score (nSPS) is 14.4. The number of carbonyl (C=O) groups excluding carboxylic acids is 1. The van der Waals surface area contributed by atoms with Gasteiger partial charge in [0.2, 0.25) is 0 Å². The van der Waals surface area contributed by atoms with E-state index >= 15 is 0 Å². The van der Waals surface area contributed by atoms with Crippen LogP contribution in [0.5, 0.6) is 0 Å². The summed E-state index contributed by atoms with van der Waals surface area (Å²) in [4.78, 5) is 26.6. The second-order valence-corrected chi connectivity index (χ2v) is 10.9. The van der Waals surface area contributed by atoms with E-state index in [2.05, 4.69) is 5.32 Å². The van der Waals surface area contributed by atoms with Gasteiger partial charge in [-0.1, -0.05) is 36.4 Å². The summed E-state index contributed by atoms with van der Waals surface area (Å²) in [6.45, 7) is 1.85. The zero-order valence-corrected chi connectivity index (χ0v) is 21.0. The Balaban J connectivity index is 1.59. The quantitative estimate of drug-likeness (QED) is 0.460. The van der Waals surface area contributed by atoms with E-state index in [1.807, 2.05) is 30.3 Å². The number of benzene rings is 2. The highest BCUT2D eigenvalue weighted by Crippen LogP contribution is 2.18. The minimum absolute atomic E-state index is 0.0690. The lowest BCUT2D eigenvalue weighted by Crippen LogP contribution is -2.45. The zero-order valence-electron chi connectivity index (χ0n) is 20.2. The van der Waals surface area contributed by atoms with Crippen molar-refractivity contribution in [3.8, 4) is 0 Å². The van der Waals surface area contributed by atoms with E-state index in [0.717, 1.165) is 17.9 Å². The molecule has 0 unspecified atom stereocenters. The van der Waals surface area contributed by atoms with Crippen molar-refractivity contribution in [2.24, 2.45) is 0 Å². The Bertz CT molecular complexity index is 1140. The van der Waals surface area contributed by atoms with Crippen molar-refractivity contribution in [1.82, 2.24) is 15.1 Å². The smallest absolute Gasteiger partial charge is 0.410 e.